The molecule has 1 saturated heterocycles. The first-order valence-corrected chi connectivity index (χ1v) is 7.39. The fourth-order valence-electron chi connectivity index (χ4n) is 2.47. The lowest BCUT2D eigenvalue weighted by Gasteiger charge is -2.24. The summed E-state index contributed by atoms with van der Waals surface area (Å²) < 4.78 is 5.61. The third-order valence-electron chi connectivity index (χ3n) is 3.55. The number of nitrogens with zero attached hydrogens (tertiary/aromatic N) is 1. The summed E-state index contributed by atoms with van der Waals surface area (Å²) in [4.78, 5) is 2.63. The minimum Gasteiger partial charge on any atom is -0.389 e. The Labute approximate surface area is 125 Å². The Hall–Kier alpha value is -1.01. The first-order chi connectivity index (χ1) is 9.56. The van der Waals surface area contributed by atoms with E-state index in [9.17, 15) is 5.11 Å². The smallest absolute Gasteiger partial charge is 0.103 e. The number of ether oxygens (including phenoxy) is 1. The number of β-amino-alcohol motifs (C(OH)–C–C–N with tert-alkyl or cyclic N) is 1. The van der Waals surface area contributed by atoms with Crippen LogP contribution in [0.5, 0.6) is 0 Å². The third-order valence-corrected chi connectivity index (χ3v) is 3.78. The first kappa shape index (κ1) is 15.4. The van der Waals surface area contributed by atoms with E-state index in [1.807, 2.05) is 24.3 Å². The summed E-state index contributed by atoms with van der Waals surface area (Å²) in [5, 5.41) is 10.3. The summed E-state index contributed by atoms with van der Waals surface area (Å²) in [5.41, 5.74) is 7.29. The molecule has 1 aromatic carbocycles. The number of hydrogen-bond acceptors (Lipinski definition) is 4. The molecule has 0 bridgehead atoms. The molecule has 2 rings (SSSR count). The second-order valence-corrected chi connectivity index (χ2v) is 5.74. The van der Waals surface area contributed by atoms with Crippen molar-refractivity contribution in [3.8, 4) is 0 Å². The molecule has 1 heterocycles. The van der Waals surface area contributed by atoms with Crippen molar-refractivity contribution in [1.29, 1.82) is 0 Å². The standard InChI is InChI=1S/C15H22N2O2S/c1-11-9-17(7-2-8-19-11)10-14(18)12-3-5-13(6-4-12)15(16)20/h3-6,11,14,18H,2,7-10H2,1H3,(H2,16,20). The average Bonchev–Trinajstić information content (AvgIpc) is 2.63. The summed E-state index contributed by atoms with van der Waals surface area (Å²) in [6, 6.07) is 7.48. The molecule has 0 aromatic heterocycles. The molecule has 20 heavy (non-hydrogen) atoms. The summed E-state index contributed by atoms with van der Waals surface area (Å²) in [6.07, 6.45) is 0.736. The largest absolute Gasteiger partial charge is 0.389 e. The molecule has 0 aliphatic carbocycles. The monoisotopic (exact) mass is 294 g/mol. The van der Waals surface area contributed by atoms with Crippen LogP contribution in [0.15, 0.2) is 24.3 Å². The normalized spacial score (nSPS) is 22.2. The van der Waals surface area contributed by atoms with Crippen LogP contribution in [-0.4, -0.2) is 47.3 Å². The predicted octanol–water partition coefficient (Wildman–Crippen LogP) is 1.47. The number of nitrogens with two attached hydrogens (primary N) is 1. The van der Waals surface area contributed by atoms with Crippen molar-refractivity contribution in [2.45, 2.75) is 25.6 Å². The Balaban J connectivity index is 1.96. The lowest BCUT2D eigenvalue weighted by Crippen LogP contribution is -2.33. The molecule has 5 heteroatoms. The van der Waals surface area contributed by atoms with Crippen LogP contribution in [0.25, 0.3) is 0 Å². The molecule has 0 radical (unpaired) electrons. The molecule has 2 unspecified atom stereocenters. The molecule has 1 fully saturated rings. The number of hydrogen-bond donors (Lipinski definition) is 2. The molecule has 4 nitrogen and oxygen atoms in total. The van der Waals surface area contributed by atoms with Gasteiger partial charge in [0.05, 0.1) is 12.2 Å². The van der Waals surface area contributed by atoms with Gasteiger partial charge in [-0.3, -0.25) is 4.90 Å². The van der Waals surface area contributed by atoms with Gasteiger partial charge in [0.1, 0.15) is 4.99 Å². The Morgan fingerprint density at radius 3 is 2.85 bits per heavy atom. The van der Waals surface area contributed by atoms with Gasteiger partial charge in [0, 0.05) is 31.8 Å². The van der Waals surface area contributed by atoms with Crippen LogP contribution < -0.4 is 5.73 Å². The maximum absolute atomic E-state index is 10.3. The first-order valence-electron chi connectivity index (χ1n) is 6.98. The predicted molar refractivity (Wildman–Crippen MR) is 83.8 cm³/mol. The zero-order valence-electron chi connectivity index (χ0n) is 11.8. The summed E-state index contributed by atoms with van der Waals surface area (Å²) >= 11 is 4.92. The second-order valence-electron chi connectivity index (χ2n) is 5.30. The highest BCUT2D eigenvalue weighted by molar-refractivity contribution is 7.80. The van der Waals surface area contributed by atoms with Crippen LogP contribution in [0.2, 0.25) is 0 Å². The molecule has 1 aromatic rings. The van der Waals surface area contributed by atoms with E-state index in [2.05, 4.69) is 11.8 Å². The lowest BCUT2D eigenvalue weighted by atomic mass is 10.1. The van der Waals surface area contributed by atoms with E-state index >= 15 is 0 Å². The summed E-state index contributed by atoms with van der Waals surface area (Å²) in [6.45, 7) is 5.33. The van der Waals surface area contributed by atoms with Crippen LogP contribution in [0, 0.1) is 0 Å². The number of aliphatic hydroxyl groups is 1. The van der Waals surface area contributed by atoms with Crippen LogP contribution in [0.3, 0.4) is 0 Å². The second kappa shape index (κ2) is 7.13. The van der Waals surface area contributed by atoms with Crippen LogP contribution >= 0.6 is 12.2 Å². The summed E-state index contributed by atoms with van der Waals surface area (Å²) in [5.74, 6) is 0. The number of thiocarbonyl (C=S) groups is 1. The fraction of sp³-hybridized carbons (Fsp3) is 0.533. The van der Waals surface area contributed by atoms with Crippen LogP contribution in [0.1, 0.15) is 30.6 Å². The van der Waals surface area contributed by atoms with Crippen molar-refractivity contribution < 1.29 is 9.84 Å². The average molecular weight is 294 g/mol. The Kier molecular flexibility index (Phi) is 5.48. The molecule has 1 aliphatic rings. The summed E-state index contributed by atoms with van der Waals surface area (Å²) in [7, 11) is 0. The molecule has 1 aliphatic heterocycles. The molecule has 3 N–H and O–H groups in total. The molecule has 110 valence electrons. The van der Waals surface area contributed by atoms with Crippen molar-refractivity contribution in [3.05, 3.63) is 35.4 Å². The lowest BCUT2D eigenvalue weighted by molar-refractivity contribution is 0.0562. The quantitative estimate of drug-likeness (QED) is 0.824. The molecule has 0 amide bonds. The molecule has 0 spiro atoms. The minimum absolute atomic E-state index is 0.224. The van der Waals surface area contributed by atoms with Gasteiger partial charge in [-0.25, -0.2) is 0 Å². The molecule has 2 atom stereocenters. The van der Waals surface area contributed by atoms with E-state index in [0.29, 0.717) is 11.5 Å². The topological polar surface area (TPSA) is 58.7 Å². The van der Waals surface area contributed by atoms with E-state index < -0.39 is 6.10 Å². The van der Waals surface area contributed by atoms with Crippen molar-refractivity contribution in [2.75, 3.05) is 26.2 Å². The highest BCUT2D eigenvalue weighted by Gasteiger charge is 2.18. The maximum atomic E-state index is 10.3. The zero-order chi connectivity index (χ0) is 14.5. The van der Waals surface area contributed by atoms with Crippen LogP contribution in [0.4, 0.5) is 0 Å². The van der Waals surface area contributed by atoms with E-state index in [4.69, 9.17) is 22.7 Å². The maximum Gasteiger partial charge on any atom is 0.103 e. The molecular formula is C15H22N2O2S. The number of aliphatic hydroxyl groups excluding tert-OH is 1. The Morgan fingerprint density at radius 2 is 2.20 bits per heavy atom. The van der Waals surface area contributed by atoms with Gasteiger partial charge in [-0.2, -0.15) is 0 Å². The van der Waals surface area contributed by atoms with Gasteiger partial charge in [0.2, 0.25) is 0 Å². The highest BCUT2D eigenvalue weighted by Crippen LogP contribution is 2.17. The number of rotatable bonds is 4. The van der Waals surface area contributed by atoms with E-state index in [1.165, 1.54) is 0 Å². The SMILES string of the molecule is CC1CN(CC(O)c2ccc(C(N)=S)cc2)CCCO1. The van der Waals surface area contributed by atoms with E-state index in [0.717, 1.165) is 37.2 Å². The van der Waals surface area contributed by atoms with Gasteiger partial charge < -0.3 is 15.6 Å². The van der Waals surface area contributed by atoms with E-state index in [-0.39, 0.29) is 6.10 Å². The van der Waals surface area contributed by atoms with Gasteiger partial charge in [-0.05, 0) is 18.9 Å². The molecule has 0 saturated carbocycles. The zero-order valence-corrected chi connectivity index (χ0v) is 12.6. The van der Waals surface area contributed by atoms with Gasteiger partial charge in [0.25, 0.3) is 0 Å². The van der Waals surface area contributed by atoms with E-state index in [1.54, 1.807) is 0 Å². The van der Waals surface area contributed by atoms with Gasteiger partial charge in [0.15, 0.2) is 0 Å². The van der Waals surface area contributed by atoms with Crippen molar-refractivity contribution >= 4 is 17.2 Å². The molecular weight excluding hydrogens is 272 g/mol. The Morgan fingerprint density at radius 1 is 1.50 bits per heavy atom. The van der Waals surface area contributed by atoms with Gasteiger partial charge in [-0.15, -0.1) is 0 Å². The van der Waals surface area contributed by atoms with Gasteiger partial charge >= 0.3 is 0 Å². The highest BCUT2D eigenvalue weighted by atomic mass is 32.1. The Bertz CT molecular complexity index is 450. The fourth-order valence-corrected chi connectivity index (χ4v) is 2.60. The van der Waals surface area contributed by atoms with Crippen molar-refractivity contribution in [2.24, 2.45) is 5.73 Å². The van der Waals surface area contributed by atoms with Crippen LogP contribution in [-0.2, 0) is 4.74 Å². The van der Waals surface area contributed by atoms with Crippen molar-refractivity contribution in [3.63, 3.8) is 0 Å². The van der Waals surface area contributed by atoms with Gasteiger partial charge in [-0.1, -0.05) is 36.5 Å². The van der Waals surface area contributed by atoms with Crippen molar-refractivity contribution in [1.82, 2.24) is 4.90 Å². The minimum atomic E-state index is -0.499. The third kappa shape index (κ3) is 4.24. The number of benzene rings is 1.